The van der Waals surface area contributed by atoms with Crippen molar-refractivity contribution in [1.82, 2.24) is 9.97 Å². The summed E-state index contributed by atoms with van der Waals surface area (Å²) >= 11 is 1.53. The van der Waals surface area contributed by atoms with Crippen LogP contribution in [0.4, 0.5) is 13.2 Å². The molecule has 1 heterocycles. The summed E-state index contributed by atoms with van der Waals surface area (Å²) in [6.07, 6.45) is -0.141. The van der Waals surface area contributed by atoms with E-state index in [1.807, 2.05) is 13.2 Å². The summed E-state index contributed by atoms with van der Waals surface area (Å²) in [4.78, 5) is 6.54. The predicted molar refractivity (Wildman–Crippen MR) is 49.0 cm³/mol. The van der Waals surface area contributed by atoms with Gasteiger partial charge in [-0.2, -0.15) is 24.9 Å². The molecule has 1 atom stereocenters. The van der Waals surface area contributed by atoms with Gasteiger partial charge in [-0.25, -0.2) is 9.97 Å². The van der Waals surface area contributed by atoms with E-state index in [4.69, 9.17) is 0 Å². The molecule has 0 radical (unpaired) electrons. The molecular formula is C8H9F3N2S. The summed E-state index contributed by atoms with van der Waals surface area (Å²) < 4.78 is 36.2. The largest absolute Gasteiger partial charge is 0.451 e. The Kier molecular flexibility index (Phi) is 3.36. The van der Waals surface area contributed by atoms with Gasteiger partial charge in [0.1, 0.15) is 0 Å². The second-order valence-corrected chi connectivity index (χ2v) is 3.89. The summed E-state index contributed by atoms with van der Waals surface area (Å²) in [7, 11) is 0. The van der Waals surface area contributed by atoms with E-state index < -0.39 is 12.0 Å². The van der Waals surface area contributed by atoms with Crippen LogP contribution < -0.4 is 0 Å². The highest BCUT2D eigenvalue weighted by molar-refractivity contribution is 7.98. The Morgan fingerprint density at radius 1 is 1.29 bits per heavy atom. The Morgan fingerprint density at radius 3 is 2.14 bits per heavy atom. The molecule has 0 spiro atoms. The fourth-order valence-electron chi connectivity index (χ4n) is 0.830. The number of hydrogen-bond donors (Lipinski definition) is 0. The first-order chi connectivity index (χ1) is 6.45. The quantitative estimate of drug-likeness (QED) is 0.769. The van der Waals surface area contributed by atoms with Crippen molar-refractivity contribution in [2.45, 2.75) is 18.3 Å². The minimum atomic E-state index is -4.46. The minimum absolute atomic E-state index is 0.109. The van der Waals surface area contributed by atoms with Crippen LogP contribution in [0.15, 0.2) is 12.4 Å². The van der Waals surface area contributed by atoms with Crippen LogP contribution in [0.25, 0.3) is 0 Å². The summed E-state index contributed by atoms with van der Waals surface area (Å²) in [6, 6.07) is 0. The first-order valence-corrected chi connectivity index (χ1v) is 5.16. The van der Waals surface area contributed by atoms with Crippen LogP contribution >= 0.6 is 11.8 Å². The lowest BCUT2D eigenvalue weighted by Crippen LogP contribution is -2.11. The maximum absolute atomic E-state index is 12.1. The number of nitrogens with zero attached hydrogens (tertiary/aromatic N) is 2. The molecule has 0 bridgehead atoms. The van der Waals surface area contributed by atoms with E-state index >= 15 is 0 Å². The van der Waals surface area contributed by atoms with E-state index in [9.17, 15) is 13.2 Å². The van der Waals surface area contributed by atoms with Gasteiger partial charge in [0, 0.05) is 23.2 Å². The van der Waals surface area contributed by atoms with E-state index in [2.05, 4.69) is 9.97 Å². The monoisotopic (exact) mass is 222 g/mol. The molecule has 1 rings (SSSR count). The van der Waals surface area contributed by atoms with Crippen molar-refractivity contribution in [2.24, 2.45) is 0 Å². The zero-order valence-electron chi connectivity index (χ0n) is 7.67. The van der Waals surface area contributed by atoms with Crippen LogP contribution in [0, 0.1) is 0 Å². The normalized spacial score (nSPS) is 14.1. The topological polar surface area (TPSA) is 25.8 Å². The number of rotatable bonds is 2. The van der Waals surface area contributed by atoms with Gasteiger partial charge in [-0.05, 0) is 13.2 Å². The van der Waals surface area contributed by atoms with E-state index in [0.29, 0.717) is 5.56 Å². The van der Waals surface area contributed by atoms with Gasteiger partial charge < -0.3 is 0 Å². The predicted octanol–water partition coefficient (Wildman–Crippen LogP) is 2.92. The zero-order chi connectivity index (χ0) is 10.8. The van der Waals surface area contributed by atoms with Crippen molar-refractivity contribution in [2.75, 3.05) is 6.26 Å². The highest BCUT2D eigenvalue weighted by Crippen LogP contribution is 2.28. The van der Waals surface area contributed by atoms with Gasteiger partial charge >= 0.3 is 6.18 Å². The van der Waals surface area contributed by atoms with Gasteiger partial charge in [0.2, 0.25) is 5.82 Å². The Morgan fingerprint density at radius 2 is 1.79 bits per heavy atom. The molecule has 0 aliphatic heterocycles. The molecule has 6 heteroatoms. The molecule has 0 aromatic carbocycles. The molecule has 0 fully saturated rings. The second-order valence-electron chi connectivity index (χ2n) is 2.72. The summed E-state index contributed by atoms with van der Waals surface area (Å²) in [6.45, 7) is 1.89. The summed E-state index contributed by atoms with van der Waals surface area (Å²) in [5.74, 6) is -1.09. The third-order valence-electron chi connectivity index (χ3n) is 1.75. The van der Waals surface area contributed by atoms with Gasteiger partial charge in [-0.3, -0.25) is 0 Å². The van der Waals surface area contributed by atoms with E-state index in [0.717, 1.165) is 0 Å². The molecule has 0 saturated heterocycles. The number of aromatic nitrogens is 2. The molecule has 14 heavy (non-hydrogen) atoms. The first-order valence-electron chi connectivity index (χ1n) is 3.87. The zero-order valence-corrected chi connectivity index (χ0v) is 8.49. The SMILES string of the molecule is CSC(C)c1cnc(C(F)(F)F)nc1. The van der Waals surface area contributed by atoms with Gasteiger partial charge in [-0.1, -0.05) is 0 Å². The molecule has 1 aromatic rings. The van der Waals surface area contributed by atoms with Crippen molar-refractivity contribution >= 4 is 11.8 Å². The molecule has 0 saturated carbocycles. The highest BCUT2D eigenvalue weighted by Gasteiger charge is 2.34. The Balaban J connectivity index is 2.89. The van der Waals surface area contributed by atoms with Gasteiger partial charge in [0.25, 0.3) is 0 Å². The minimum Gasteiger partial charge on any atom is -0.233 e. The van der Waals surface area contributed by atoms with Crippen LogP contribution in [0.5, 0.6) is 0 Å². The van der Waals surface area contributed by atoms with E-state index in [1.165, 1.54) is 24.2 Å². The van der Waals surface area contributed by atoms with Crippen LogP contribution in [-0.2, 0) is 6.18 Å². The van der Waals surface area contributed by atoms with Crippen molar-refractivity contribution in [3.63, 3.8) is 0 Å². The average Bonchev–Trinajstić information content (AvgIpc) is 2.15. The summed E-state index contributed by atoms with van der Waals surface area (Å²) in [5.41, 5.74) is 0.700. The van der Waals surface area contributed by atoms with Gasteiger partial charge in [0.15, 0.2) is 0 Å². The summed E-state index contributed by atoms with van der Waals surface area (Å²) in [5, 5.41) is 0.109. The van der Waals surface area contributed by atoms with Gasteiger partial charge in [-0.15, -0.1) is 0 Å². The lowest BCUT2D eigenvalue weighted by molar-refractivity contribution is -0.145. The molecular weight excluding hydrogens is 213 g/mol. The van der Waals surface area contributed by atoms with Gasteiger partial charge in [0.05, 0.1) is 0 Å². The molecule has 0 aliphatic carbocycles. The number of halogens is 3. The van der Waals surface area contributed by atoms with Crippen LogP contribution in [0.3, 0.4) is 0 Å². The highest BCUT2D eigenvalue weighted by atomic mass is 32.2. The van der Waals surface area contributed by atoms with Crippen molar-refractivity contribution < 1.29 is 13.2 Å². The van der Waals surface area contributed by atoms with E-state index in [1.54, 1.807) is 0 Å². The molecule has 1 aromatic heterocycles. The molecule has 78 valence electrons. The molecule has 0 N–H and O–H groups in total. The standard InChI is InChI=1S/C8H9F3N2S/c1-5(14-2)6-3-12-7(13-4-6)8(9,10)11/h3-5H,1-2H3. The van der Waals surface area contributed by atoms with Crippen molar-refractivity contribution in [1.29, 1.82) is 0 Å². The average molecular weight is 222 g/mol. The Labute approximate surface area is 84.0 Å². The fourth-order valence-corrected chi connectivity index (χ4v) is 1.22. The van der Waals surface area contributed by atoms with Crippen molar-refractivity contribution in [3.8, 4) is 0 Å². The third kappa shape index (κ3) is 2.60. The van der Waals surface area contributed by atoms with E-state index in [-0.39, 0.29) is 5.25 Å². The number of thioether (sulfide) groups is 1. The van der Waals surface area contributed by atoms with Crippen LogP contribution in [0.1, 0.15) is 23.6 Å². The molecule has 2 nitrogen and oxygen atoms in total. The van der Waals surface area contributed by atoms with Crippen LogP contribution in [0.2, 0.25) is 0 Å². The van der Waals surface area contributed by atoms with Crippen LogP contribution in [-0.4, -0.2) is 16.2 Å². The second kappa shape index (κ2) is 4.16. The lowest BCUT2D eigenvalue weighted by atomic mass is 10.2. The Bertz CT molecular complexity index is 296. The maximum Gasteiger partial charge on any atom is 0.451 e. The smallest absolute Gasteiger partial charge is 0.233 e. The number of alkyl halides is 3. The Hall–Kier alpha value is -0.780. The maximum atomic E-state index is 12.1. The first kappa shape index (κ1) is 11.3. The number of hydrogen-bond acceptors (Lipinski definition) is 3. The lowest BCUT2D eigenvalue weighted by Gasteiger charge is -2.08. The molecule has 0 amide bonds. The molecule has 1 unspecified atom stereocenters. The molecule has 0 aliphatic rings. The van der Waals surface area contributed by atoms with Crippen molar-refractivity contribution in [3.05, 3.63) is 23.8 Å². The third-order valence-corrected chi connectivity index (χ3v) is 2.73. The fraction of sp³-hybridized carbons (Fsp3) is 0.500.